The summed E-state index contributed by atoms with van der Waals surface area (Å²) in [4.78, 5) is 1.05. The smallest absolute Gasteiger partial charge is 0.399 e. The van der Waals surface area contributed by atoms with Gasteiger partial charge in [-0.1, -0.05) is 0 Å². The molecule has 100 valence electrons. The number of hydrogen-bond acceptors (Lipinski definition) is 4. The molecule has 0 radical (unpaired) electrons. The van der Waals surface area contributed by atoms with E-state index in [1.165, 1.54) is 0 Å². The van der Waals surface area contributed by atoms with E-state index in [1.807, 2.05) is 52.1 Å². The van der Waals surface area contributed by atoms with Crippen molar-refractivity contribution < 1.29 is 9.31 Å². The summed E-state index contributed by atoms with van der Waals surface area (Å²) in [6, 6.07) is 7.91. The highest BCUT2D eigenvalue weighted by Crippen LogP contribution is 2.36. The second-order valence-electron chi connectivity index (χ2n) is 5.69. The minimum Gasteiger partial charge on any atom is -0.399 e. The van der Waals surface area contributed by atoms with Crippen LogP contribution < -0.4 is 5.46 Å². The molecule has 2 rings (SSSR count). The van der Waals surface area contributed by atoms with Crippen LogP contribution in [-0.2, 0) is 9.31 Å². The summed E-state index contributed by atoms with van der Waals surface area (Å²) in [5.41, 5.74) is 0.818. The standard InChI is InChI=1S/C14H18BNO2S/c1-13(2)14(3,4)18-15(17-13)11-6-10(9-16)7-12(8-11)19-5/h6-8H,1-5H3. The van der Waals surface area contributed by atoms with Crippen molar-refractivity contribution in [2.45, 2.75) is 43.8 Å². The normalized spacial score (nSPS) is 20.3. The van der Waals surface area contributed by atoms with E-state index in [1.54, 1.807) is 11.8 Å². The van der Waals surface area contributed by atoms with Gasteiger partial charge in [-0.05, 0) is 57.6 Å². The zero-order chi connectivity index (χ0) is 14.3. The maximum Gasteiger partial charge on any atom is 0.494 e. The van der Waals surface area contributed by atoms with Gasteiger partial charge in [0, 0.05) is 4.90 Å². The Kier molecular flexibility index (Phi) is 3.70. The van der Waals surface area contributed by atoms with Gasteiger partial charge in [0.2, 0.25) is 0 Å². The molecule has 5 heteroatoms. The monoisotopic (exact) mass is 275 g/mol. The van der Waals surface area contributed by atoms with Gasteiger partial charge in [0.05, 0.1) is 22.8 Å². The van der Waals surface area contributed by atoms with Crippen molar-refractivity contribution in [2.24, 2.45) is 0 Å². The molecule has 1 aliphatic rings. The first-order chi connectivity index (χ1) is 8.79. The molecule has 1 aromatic rings. The fraction of sp³-hybridized carbons (Fsp3) is 0.500. The van der Waals surface area contributed by atoms with Crippen molar-refractivity contribution in [3.05, 3.63) is 23.8 Å². The molecule has 1 saturated heterocycles. The molecule has 0 amide bonds. The Morgan fingerprint density at radius 1 is 1.11 bits per heavy atom. The van der Waals surface area contributed by atoms with Gasteiger partial charge in [-0.25, -0.2) is 0 Å². The number of hydrogen-bond donors (Lipinski definition) is 0. The third-order valence-electron chi connectivity index (χ3n) is 3.82. The van der Waals surface area contributed by atoms with Crippen molar-refractivity contribution in [1.82, 2.24) is 0 Å². The lowest BCUT2D eigenvalue weighted by atomic mass is 9.78. The van der Waals surface area contributed by atoms with Gasteiger partial charge in [0.25, 0.3) is 0 Å². The van der Waals surface area contributed by atoms with Crippen LogP contribution in [0.25, 0.3) is 0 Å². The van der Waals surface area contributed by atoms with Gasteiger partial charge < -0.3 is 9.31 Å². The van der Waals surface area contributed by atoms with Gasteiger partial charge in [-0.15, -0.1) is 11.8 Å². The molecule has 19 heavy (non-hydrogen) atoms. The maximum absolute atomic E-state index is 9.09. The van der Waals surface area contributed by atoms with Gasteiger partial charge in [-0.3, -0.25) is 0 Å². The first kappa shape index (κ1) is 14.5. The molecule has 0 aromatic heterocycles. The second kappa shape index (κ2) is 4.86. The molecular formula is C14H18BNO2S. The van der Waals surface area contributed by atoms with Crippen molar-refractivity contribution in [1.29, 1.82) is 5.26 Å². The zero-order valence-electron chi connectivity index (χ0n) is 12.0. The van der Waals surface area contributed by atoms with Crippen LogP contribution in [-0.4, -0.2) is 24.6 Å². The van der Waals surface area contributed by atoms with Gasteiger partial charge in [-0.2, -0.15) is 5.26 Å². The summed E-state index contributed by atoms with van der Waals surface area (Å²) in [6.45, 7) is 8.10. The molecule has 0 bridgehead atoms. The highest BCUT2D eigenvalue weighted by atomic mass is 32.2. The van der Waals surface area contributed by atoms with E-state index in [9.17, 15) is 0 Å². The lowest BCUT2D eigenvalue weighted by Crippen LogP contribution is -2.41. The third kappa shape index (κ3) is 2.67. The van der Waals surface area contributed by atoms with Crippen LogP contribution in [0.15, 0.2) is 23.1 Å². The van der Waals surface area contributed by atoms with Crippen LogP contribution in [0.4, 0.5) is 0 Å². The Bertz CT molecular complexity index is 521. The third-order valence-corrected chi connectivity index (χ3v) is 4.53. The van der Waals surface area contributed by atoms with Crippen LogP contribution in [0.2, 0.25) is 0 Å². The summed E-state index contributed by atoms with van der Waals surface area (Å²) >= 11 is 1.61. The highest BCUT2D eigenvalue weighted by molar-refractivity contribution is 7.98. The fourth-order valence-corrected chi connectivity index (χ4v) is 2.42. The van der Waals surface area contributed by atoms with Gasteiger partial charge in [0.15, 0.2) is 0 Å². The maximum atomic E-state index is 9.09. The highest BCUT2D eigenvalue weighted by Gasteiger charge is 2.51. The van der Waals surface area contributed by atoms with Gasteiger partial charge in [0.1, 0.15) is 0 Å². The zero-order valence-corrected chi connectivity index (χ0v) is 12.8. The van der Waals surface area contributed by atoms with Crippen LogP contribution >= 0.6 is 11.8 Å². The number of nitriles is 1. The summed E-state index contributed by atoms with van der Waals surface area (Å²) in [6.07, 6.45) is 1.99. The molecule has 1 aromatic carbocycles. The van der Waals surface area contributed by atoms with E-state index in [2.05, 4.69) is 6.07 Å². The Morgan fingerprint density at radius 2 is 1.68 bits per heavy atom. The summed E-state index contributed by atoms with van der Waals surface area (Å²) < 4.78 is 12.0. The molecule has 0 saturated carbocycles. The average molecular weight is 275 g/mol. The predicted octanol–water partition coefficient (Wildman–Crippen LogP) is 2.58. The average Bonchev–Trinajstić information content (AvgIpc) is 2.58. The molecule has 1 fully saturated rings. The van der Waals surface area contributed by atoms with Crippen molar-refractivity contribution in [3.63, 3.8) is 0 Å². The topological polar surface area (TPSA) is 42.2 Å². The van der Waals surface area contributed by atoms with E-state index in [0.717, 1.165) is 10.4 Å². The molecule has 1 aliphatic heterocycles. The first-order valence-corrected chi connectivity index (χ1v) is 7.46. The number of rotatable bonds is 2. The molecule has 1 heterocycles. The summed E-state index contributed by atoms with van der Waals surface area (Å²) in [5.74, 6) is 0. The van der Waals surface area contributed by atoms with E-state index in [-0.39, 0.29) is 11.2 Å². The predicted molar refractivity (Wildman–Crippen MR) is 78.7 cm³/mol. The van der Waals surface area contributed by atoms with Crippen molar-refractivity contribution in [2.75, 3.05) is 6.26 Å². The number of benzene rings is 1. The summed E-state index contributed by atoms with van der Waals surface area (Å²) in [7, 11) is -0.413. The minimum absolute atomic E-state index is 0.361. The van der Waals surface area contributed by atoms with Gasteiger partial charge >= 0.3 is 7.12 Å². The Morgan fingerprint density at radius 3 is 2.16 bits per heavy atom. The Balaban J connectivity index is 2.37. The molecule has 0 aliphatic carbocycles. The largest absolute Gasteiger partial charge is 0.494 e. The van der Waals surface area contributed by atoms with E-state index in [4.69, 9.17) is 14.6 Å². The molecule has 3 nitrogen and oxygen atoms in total. The quantitative estimate of drug-likeness (QED) is 0.614. The molecule has 0 unspecified atom stereocenters. The fourth-order valence-electron chi connectivity index (χ4n) is 1.92. The van der Waals surface area contributed by atoms with Crippen LogP contribution in [0.5, 0.6) is 0 Å². The molecule has 0 N–H and O–H groups in total. The van der Waals surface area contributed by atoms with Crippen LogP contribution in [0, 0.1) is 11.3 Å². The first-order valence-electron chi connectivity index (χ1n) is 6.24. The molecule has 0 atom stereocenters. The number of nitrogens with zero attached hydrogens (tertiary/aromatic N) is 1. The van der Waals surface area contributed by atoms with E-state index < -0.39 is 7.12 Å². The molecule has 0 spiro atoms. The van der Waals surface area contributed by atoms with E-state index in [0.29, 0.717) is 5.56 Å². The minimum atomic E-state index is -0.413. The lowest BCUT2D eigenvalue weighted by molar-refractivity contribution is 0.00578. The second-order valence-corrected chi connectivity index (χ2v) is 6.57. The summed E-state index contributed by atoms with van der Waals surface area (Å²) in [5, 5.41) is 9.09. The lowest BCUT2D eigenvalue weighted by Gasteiger charge is -2.32. The Hall–Kier alpha value is -0.955. The SMILES string of the molecule is CSc1cc(C#N)cc(B2OC(C)(C)C(C)(C)O2)c1. The van der Waals surface area contributed by atoms with E-state index >= 15 is 0 Å². The Labute approximate surface area is 119 Å². The molecular weight excluding hydrogens is 257 g/mol. The van der Waals surface area contributed by atoms with Crippen molar-refractivity contribution >= 4 is 24.3 Å². The van der Waals surface area contributed by atoms with Crippen LogP contribution in [0.1, 0.15) is 33.3 Å². The van der Waals surface area contributed by atoms with Crippen molar-refractivity contribution in [3.8, 4) is 6.07 Å². The van der Waals surface area contributed by atoms with Crippen LogP contribution in [0.3, 0.4) is 0 Å². The number of thioether (sulfide) groups is 1.